The Morgan fingerprint density at radius 3 is 2.68 bits per heavy atom. The number of ether oxygens (including phenoxy) is 3. The summed E-state index contributed by atoms with van der Waals surface area (Å²) in [6.45, 7) is 3.49. The molecule has 11 heteroatoms. The normalized spacial score (nSPS) is 20.8. The van der Waals surface area contributed by atoms with E-state index in [0.717, 1.165) is 51.4 Å². The summed E-state index contributed by atoms with van der Waals surface area (Å²) in [4.78, 5) is 26.4. The van der Waals surface area contributed by atoms with E-state index in [9.17, 15) is 18.4 Å². The van der Waals surface area contributed by atoms with Crippen molar-refractivity contribution in [3.8, 4) is 0 Å². The lowest BCUT2D eigenvalue weighted by Gasteiger charge is -2.39. The third kappa shape index (κ3) is 9.08. The van der Waals surface area contributed by atoms with Crippen molar-refractivity contribution in [2.45, 2.75) is 44.6 Å². The quantitative estimate of drug-likeness (QED) is 0.336. The number of hydrazine groups is 1. The average molecular weight is 527 g/mol. The highest BCUT2D eigenvalue weighted by atomic mass is 19.1. The van der Waals surface area contributed by atoms with Gasteiger partial charge in [-0.2, -0.15) is 0 Å². The first-order valence-electron chi connectivity index (χ1n) is 13.1. The van der Waals surface area contributed by atoms with Gasteiger partial charge in [0, 0.05) is 58.4 Å². The molecule has 0 aromatic heterocycles. The second-order valence-corrected chi connectivity index (χ2v) is 9.64. The molecule has 2 aliphatic heterocycles. The van der Waals surface area contributed by atoms with E-state index in [-0.39, 0.29) is 25.1 Å². The zero-order chi connectivity index (χ0) is 26.6. The molecule has 0 radical (unpaired) electrons. The van der Waals surface area contributed by atoms with Gasteiger partial charge in [-0.25, -0.2) is 23.8 Å². The molecule has 0 spiro atoms. The smallest absolute Gasteiger partial charge is 0.406 e. The van der Waals surface area contributed by atoms with Crippen LogP contribution in [0.1, 0.15) is 50.2 Å². The van der Waals surface area contributed by atoms with Crippen LogP contribution in [0.5, 0.6) is 0 Å². The minimum atomic E-state index is -0.690. The number of alkyl carbamates (subject to hydrolysis) is 1. The SMILES string of the molecule is CNN(CCCC1CCCOC1)C(=O)N1CCCC([C@@H](OCCNC(=O)OC)c2cc(F)cc(F)c2)C1. The maximum absolute atomic E-state index is 14.0. The van der Waals surface area contributed by atoms with Crippen LogP contribution in [-0.2, 0) is 14.2 Å². The molecule has 2 saturated heterocycles. The molecule has 1 aromatic rings. The van der Waals surface area contributed by atoms with Gasteiger partial charge in [-0.05, 0) is 62.1 Å². The summed E-state index contributed by atoms with van der Waals surface area (Å²) in [5.41, 5.74) is 3.38. The summed E-state index contributed by atoms with van der Waals surface area (Å²) in [5.74, 6) is -1.01. The Hall–Kier alpha value is -2.50. The van der Waals surface area contributed by atoms with Crippen LogP contribution in [0.25, 0.3) is 0 Å². The summed E-state index contributed by atoms with van der Waals surface area (Å²) >= 11 is 0. The molecule has 208 valence electrons. The molecule has 3 rings (SSSR count). The number of likely N-dealkylation sites (tertiary alicyclic amines) is 1. The molecule has 37 heavy (non-hydrogen) atoms. The van der Waals surface area contributed by atoms with E-state index in [1.807, 2.05) is 0 Å². The maximum atomic E-state index is 14.0. The number of benzene rings is 1. The topological polar surface area (TPSA) is 92.4 Å². The number of carbonyl (C=O) groups excluding carboxylic acids is 2. The highest BCUT2D eigenvalue weighted by Crippen LogP contribution is 2.34. The molecular formula is C26H40F2N4O5. The van der Waals surface area contributed by atoms with Gasteiger partial charge in [0.1, 0.15) is 11.6 Å². The van der Waals surface area contributed by atoms with Gasteiger partial charge in [-0.1, -0.05) is 0 Å². The first-order chi connectivity index (χ1) is 17.9. The number of amides is 3. The third-order valence-corrected chi connectivity index (χ3v) is 6.97. The highest BCUT2D eigenvalue weighted by molar-refractivity contribution is 5.74. The average Bonchev–Trinajstić information content (AvgIpc) is 2.90. The number of rotatable bonds is 11. The Labute approximate surface area is 217 Å². The van der Waals surface area contributed by atoms with Crippen molar-refractivity contribution in [2.24, 2.45) is 11.8 Å². The zero-order valence-electron chi connectivity index (χ0n) is 21.8. The highest BCUT2D eigenvalue weighted by Gasteiger charge is 2.33. The fourth-order valence-corrected chi connectivity index (χ4v) is 5.13. The van der Waals surface area contributed by atoms with Crippen molar-refractivity contribution < 1.29 is 32.6 Å². The Balaban J connectivity index is 1.62. The van der Waals surface area contributed by atoms with Gasteiger partial charge in [0.05, 0.1) is 19.8 Å². The molecule has 2 unspecified atom stereocenters. The fraction of sp³-hybridized carbons (Fsp3) is 0.692. The molecule has 3 atom stereocenters. The summed E-state index contributed by atoms with van der Waals surface area (Å²) in [5, 5.41) is 4.16. The van der Waals surface area contributed by atoms with E-state index in [1.165, 1.54) is 25.7 Å². The maximum Gasteiger partial charge on any atom is 0.406 e. The summed E-state index contributed by atoms with van der Waals surface area (Å²) in [7, 11) is 3.00. The monoisotopic (exact) mass is 526 g/mol. The minimum Gasteiger partial charge on any atom is -0.453 e. The van der Waals surface area contributed by atoms with Crippen LogP contribution >= 0.6 is 0 Å². The molecule has 2 aliphatic rings. The van der Waals surface area contributed by atoms with E-state index in [1.54, 1.807) is 17.0 Å². The summed E-state index contributed by atoms with van der Waals surface area (Å²) < 4.78 is 44.3. The van der Waals surface area contributed by atoms with E-state index < -0.39 is 23.8 Å². The predicted molar refractivity (Wildman–Crippen MR) is 134 cm³/mol. The molecular weight excluding hydrogens is 486 g/mol. The number of methoxy groups -OCH3 is 1. The molecule has 2 fully saturated rings. The van der Waals surface area contributed by atoms with Crippen LogP contribution in [0.2, 0.25) is 0 Å². The summed E-state index contributed by atoms with van der Waals surface area (Å²) in [6.07, 6.45) is 4.38. The molecule has 9 nitrogen and oxygen atoms in total. The number of hydrogen-bond donors (Lipinski definition) is 2. The zero-order valence-corrected chi connectivity index (χ0v) is 21.8. The lowest BCUT2D eigenvalue weighted by molar-refractivity contribution is -0.0118. The van der Waals surface area contributed by atoms with Crippen molar-refractivity contribution >= 4 is 12.1 Å². The first-order valence-corrected chi connectivity index (χ1v) is 13.1. The van der Waals surface area contributed by atoms with E-state index in [2.05, 4.69) is 15.5 Å². The van der Waals surface area contributed by atoms with Crippen molar-refractivity contribution in [3.63, 3.8) is 0 Å². The van der Waals surface area contributed by atoms with Gasteiger partial charge < -0.3 is 24.4 Å². The van der Waals surface area contributed by atoms with Gasteiger partial charge in [-0.3, -0.25) is 5.01 Å². The van der Waals surface area contributed by atoms with Crippen LogP contribution in [0, 0.1) is 23.5 Å². The van der Waals surface area contributed by atoms with E-state index >= 15 is 0 Å². The van der Waals surface area contributed by atoms with E-state index in [0.29, 0.717) is 31.1 Å². The van der Waals surface area contributed by atoms with Gasteiger partial charge in [0.25, 0.3) is 0 Å². The molecule has 0 saturated carbocycles. The summed E-state index contributed by atoms with van der Waals surface area (Å²) in [6, 6.07) is 3.22. The van der Waals surface area contributed by atoms with Crippen molar-refractivity contribution in [1.82, 2.24) is 20.7 Å². The van der Waals surface area contributed by atoms with Gasteiger partial charge in [0.15, 0.2) is 0 Å². The molecule has 1 aromatic carbocycles. The Kier molecular flexibility index (Phi) is 11.8. The molecule has 2 N–H and O–H groups in total. The standard InChI is InChI=1S/C26H40F2N4O5/c1-29-32(11-3-6-19-7-5-12-36-18-19)26(34)31-10-4-8-20(17-31)24(37-13-9-30-25(33)35-2)21-14-22(27)16-23(28)15-21/h14-16,19-20,24,29H,3-13,17-18H2,1-2H3,(H,30,33)/t19?,20?,24-/m1/s1. The second-order valence-electron chi connectivity index (χ2n) is 9.64. The Morgan fingerprint density at radius 2 is 2.00 bits per heavy atom. The van der Waals surface area contributed by atoms with Gasteiger partial charge in [-0.15, -0.1) is 0 Å². The van der Waals surface area contributed by atoms with Gasteiger partial charge in [0.2, 0.25) is 0 Å². The number of piperidine rings is 1. The number of carbonyl (C=O) groups is 2. The second kappa shape index (κ2) is 15.0. The van der Waals surface area contributed by atoms with Crippen LogP contribution in [0.4, 0.5) is 18.4 Å². The lowest BCUT2D eigenvalue weighted by Crippen LogP contribution is -2.52. The fourth-order valence-electron chi connectivity index (χ4n) is 5.13. The number of urea groups is 1. The Morgan fingerprint density at radius 1 is 1.22 bits per heavy atom. The molecule has 0 aliphatic carbocycles. The number of halogens is 2. The van der Waals surface area contributed by atoms with Crippen molar-refractivity contribution in [1.29, 1.82) is 0 Å². The van der Waals surface area contributed by atoms with Crippen LogP contribution in [0.15, 0.2) is 18.2 Å². The van der Waals surface area contributed by atoms with Gasteiger partial charge >= 0.3 is 12.1 Å². The van der Waals surface area contributed by atoms with Crippen molar-refractivity contribution in [2.75, 3.05) is 60.2 Å². The predicted octanol–water partition coefficient (Wildman–Crippen LogP) is 3.85. The first kappa shape index (κ1) is 29.1. The molecule has 2 heterocycles. The number of hydrogen-bond acceptors (Lipinski definition) is 6. The molecule has 0 bridgehead atoms. The minimum absolute atomic E-state index is 0.121. The van der Waals surface area contributed by atoms with Crippen LogP contribution in [0.3, 0.4) is 0 Å². The van der Waals surface area contributed by atoms with Crippen LogP contribution in [-0.4, -0.2) is 82.2 Å². The van der Waals surface area contributed by atoms with Crippen molar-refractivity contribution in [3.05, 3.63) is 35.4 Å². The Bertz CT molecular complexity index is 851. The molecule has 3 amide bonds. The lowest BCUT2D eigenvalue weighted by atomic mass is 9.88. The van der Waals surface area contributed by atoms with E-state index in [4.69, 9.17) is 9.47 Å². The number of nitrogens with zero attached hydrogens (tertiary/aromatic N) is 2. The van der Waals surface area contributed by atoms with Crippen LogP contribution < -0.4 is 10.7 Å². The number of nitrogens with one attached hydrogen (secondary N) is 2. The largest absolute Gasteiger partial charge is 0.453 e. The third-order valence-electron chi connectivity index (χ3n) is 6.97.